The predicted molar refractivity (Wildman–Crippen MR) is 135 cm³/mol. The Balaban J connectivity index is 1.64. The van der Waals surface area contributed by atoms with Gasteiger partial charge >= 0.3 is 0 Å². The summed E-state index contributed by atoms with van der Waals surface area (Å²) in [7, 11) is 1.44. The number of aromatic amines is 3. The molecule has 3 atom stereocenters. The van der Waals surface area contributed by atoms with Crippen molar-refractivity contribution in [2.24, 2.45) is 0 Å². The Morgan fingerprint density at radius 3 is 1.56 bits per heavy atom. The molecule has 0 saturated carbocycles. The Hall–Kier alpha value is -5.02. The largest absolute Gasteiger partial charge is 0.357 e. The van der Waals surface area contributed by atoms with Gasteiger partial charge in [0.25, 0.3) is 0 Å². The maximum absolute atomic E-state index is 13.1. The van der Waals surface area contributed by atoms with Crippen molar-refractivity contribution in [1.29, 1.82) is 0 Å². The van der Waals surface area contributed by atoms with Crippen LogP contribution in [0.25, 0.3) is 0 Å². The van der Waals surface area contributed by atoms with E-state index in [0.29, 0.717) is 17.1 Å². The van der Waals surface area contributed by atoms with E-state index in [1.54, 1.807) is 0 Å². The normalized spacial score (nSPS) is 13.0. The summed E-state index contributed by atoms with van der Waals surface area (Å²) < 4.78 is 0. The van der Waals surface area contributed by atoms with Gasteiger partial charge in [0.1, 0.15) is 18.1 Å². The SMILES string of the molecule is CNC(=O)[C@H](Cc1cnc[nH]1)NC(=O)CNC(=O)[C@H](Cc1cnc[nH]1)NC(=O)[C@H](Cc1cnc[nH]1)NC(C)=O. The fourth-order valence-electron chi connectivity index (χ4n) is 3.70. The average molecular weight is 542 g/mol. The summed E-state index contributed by atoms with van der Waals surface area (Å²) in [5, 5.41) is 12.8. The van der Waals surface area contributed by atoms with Gasteiger partial charge in [0.05, 0.1) is 25.5 Å². The van der Waals surface area contributed by atoms with Crippen LogP contribution in [0.15, 0.2) is 37.6 Å². The Morgan fingerprint density at radius 2 is 1.15 bits per heavy atom. The van der Waals surface area contributed by atoms with E-state index in [-0.39, 0.29) is 19.3 Å². The second kappa shape index (κ2) is 14.1. The van der Waals surface area contributed by atoms with Crippen LogP contribution in [0.3, 0.4) is 0 Å². The molecule has 0 radical (unpaired) electrons. The number of imidazole rings is 3. The highest BCUT2D eigenvalue weighted by Crippen LogP contribution is 2.04. The minimum atomic E-state index is -1.11. The molecule has 0 aliphatic heterocycles. The van der Waals surface area contributed by atoms with E-state index in [1.807, 2.05) is 0 Å². The van der Waals surface area contributed by atoms with E-state index in [2.05, 4.69) is 56.5 Å². The van der Waals surface area contributed by atoms with Gasteiger partial charge in [0, 0.05) is 68.9 Å². The quantitative estimate of drug-likeness (QED) is 0.106. The van der Waals surface area contributed by atoms with Crippen LogP contribution in [-0.4, -0.2) is 91.2 Å². The zero-order valence-electron chi connectivity index (χ0n) is 21.4. The molecule has 0 fully saturated rings. The molecule has 0 aromatic carbocycles. The third-order valence-electron chi connectivity index (χ3n) is 5.58. The molecule has 16 nitrogen and oxygen atoms in total. The maximum Gasteiger partial charge on any atom is 0.243 e. The van der Waals surface area contributed by atoms with Crippen molar-refractivity contribution in [3.05, 3.63) is 54.7 Å². The number of nitrogens with zero attached hydrogens (tertiary/aromatic N) is 3. The molecule has 0 bridgehead atoms. The van der Waals surface area contributed by atoms with Gasteiger partial charge < -0.3 is 41.5 Å². The zero-order chi connectivity index (χ0) is 28.2. The van der Waals surface area contributed by atoms with Gasteiger partial charge in [-0.2, -0.15) is 0 Å². The average Bonchev–Trinajstić information content (AvgIpc) is 3.70. The van der Waals surface area contributed by atoms with E-state index < -0.39 is 54.2 Å². The molecule has 0 spiro atoms. The number of rotatable bonds is 14. The Labute approximate surface area is 222 Å². The van der Waals surface area contributed by atoms with E-state index in [1.165, 1.54) is 51.5 Å². The molecule has 3 rings (SSSR count). The summed E-state index contributed by atoms with van der Waals surface area (Å²) in [4.78, 5) is 83.0. The number of hydrogen-bond acceptors (Lipinski definition) is 8. The van der Waals surface area contributed by atoms with E-state index in [0.717, 1.165) is 0 Å². The van der Waals surface area contributed by atoms with E-state index in [4.69, 9.17) is 0 Å². The first kappa shape index (κ1) is 28.5. The third-order valence-corrected chi connectivity index (χ3v) is 5.58. The number of aromatic nitrogens is 6. The second-order valence-corrected chi connectivity index (χ2v) is 8.61. The summed E-state index contributed by atoms with van der Waals surface area (Å²) in [5.41, 5.74) is 1.80. The van der Waals surface area contributed by atoms with Crippen molar-refractivity contribution < 1.29 is 24.0 Å². The van der Waals surface area contributed by atoms with Crippen LogP contribution >= 0.6 is 0 Å². The summed E-state index contributed by atoms with van der Waals surface area (Å²) in [6, 6.07) is -3.00. The summed E-state index contributed by atoms with van der Waals surface area (Å²) in [5.74, 6) is -2.72. The van der Waals surface area contributed by atoms with Crippen LogP contribution < -0.4 is 26.6 Å². The lowest BCUT2D eigenvalue weighted by Gasteiger charge is -2.22. The van der Waals surface area contributed by atoms with Crippen LogP contribution in [0.4, 0.5) is 0 Å². The van der Waals surface area contributed by atoms with Crippen LogP contribution in [0, 0.1) is 0 Å². The molecule has 0 saturated heterocycles. The third kappa shape index (κ3) is 9.10. The van der Waals surface area contributed by atoms with Gasteiger partial charge in [0.15, 0.2) is 0 Å². The first-order valence-corrected chi connectivity index (χ1v) is 12.0. The van der Waals surface area contributed by atoms with Crippen molar-refractivity contribution in [3.63, 3.8) is 0 Å². The standard InChI is InChI=1S/C23H31N11O5/c1-13(35)32-19(5-16-8-27-12-31-16)23(39)34-18(4-15-7-26-11-30-15)22(38)28-9-20(36)33-17(21(37)24-2)3-14-6-25-10-29-14/h6-8,10-12,17-19H,3-5,9H2,1-2H3,(H,24,37)(H,25,29)(H,26,30)(H,27,31)(H,28,38)(H,32,35)(H,33,36)(H,34,39)/t17-,18-,19-/m0/s1. The fraction of sp³-hybridized carbons (Fsp3) is 0.391. The molecule has 0 aliphatic rings. The first-order valence-electron chi connectivity index (χ1n) is 12.0. The molecule has 208 valence electrons. The number of nitrogens with one attached hydrogen (secondary N) is 8. The van der Waals surface area contributed by atoms with Crippen molar-refractivity contribution >= 4 is 29.5 Å². The monoisotopic (exact) mass is 541 g/mol. The van der Waals surface area contributed by atoms with Crippen molar-refractivity contribution in [3.8, 4) is 0 Å². The highest BCUT2D eigenvalue weighted by molar-refractivity contribution is 5.94. The molecule has 39 heavy (non-hydrogen) atoms. The van der Waals surface area contributed by atoms with Crippen molar-refractivity contribution in [2.75, 3.05) is 13.6 Å². The van der Waals surface area contributed by atoms with Gasteiger partial charge in [0.2, 0.25) is 29.5 Å². The van der Waals surface area contributed by atoms with Crippen LogP contribution in [0.5, 0.6) is 0 Å². The molecule has 5 amide bonds. The number of hydrogen-bond donors (Lipinski definition) is 8. The lowest BCUT2D eigenvalue weighted by Crippen LogP contribution is -2.56. The van der Waals surface area contributed by atoms with Crippen LogP contribution in [0.2, 0.25) is 0 Å². The molecule has 0 unspecified atom stereocenters. The first-order chi connectivity index (χ1) is 18.7. The smallest absolute Gasteiger partial charge is 0.243 e. The number of amides is 5. The van der Waals surface area contributed by atoms with E-state index in [9.17, 15) is 24.0 Å². The molecular weight excluding hydrogens is 510 g/mol. The second-order valence-electron chi connectivity index (χ2n) is 8.61. The number of carbonyl (C=O) groups is 5. The Kier molecular flexibility index (Phi) is 10.3. The Bertz CT molecular complexity index is 1230. The van der Waals surface area contributed by atoms with E-state index >= 15 is 0 Å². The van der Waals surface area contributed by atoms with Crippen molar-refractivity contribution in [1.82, 2.24) is 56.5 Å². The lowest BCUT2D eigenvalue weighted by molar-refractivity contribution is -0.132. The number of H-pyrrole nitrogens is 3. The molecule has 3 aromatic heterocycles. The molecule has 8 N–H and O–H groups in total. The minimum absolute atomic E-state index is 0.0384. The summed E-state index contributed by atoms with van der Waals surface area (Å²) >= 11 is 0. The fourth-order valence-corrected chi connectivity index (χ4v) is 3.70. The molecule has 3 aromatic rings. The lowest BCUT2D eigenvalue weighted by atomic mass is 10.1. The maximum atomic E-state index is 13.1. The van der Waals surface area contributed by atoms with Gasteiger partial charge in [-0.1, -0.05) is 0 Å². The molecular formula is C23H31N11O5. The molecule has 16 heteroatoms. The van der Waals surface area contributed by atoms with Gasteiger partial charge in [-0.15, -0.1) is 0 Å². The number of likely N-dealkylation sites (N-methyl/N-ethyl adjacent to an activating group) is 1. The molecule has 3 heterocycles. The summed E-state index contributed by atoms with van der Waals surface area (Å²) in [6.45, 7) is 0.826. The van der Waals surface area contributed by atoms with Crippen LogP contribution in [0.1, 0.15) is 24.0 Å². The molecule has 0 aliphatic carbocycles. The predicted octanol–water partition coefficient (Wildman–Crippen LogP) is -2.78. The van der Waals surface area contributed by atoms with Gasteiger partial charge in [-0.25, -0.2) is 15.0 Å². The number of carbonyl (C=O) groups excluding carboxylic acids is 5. The van der Waals surface area contributed by atoms with Gasteiger partial charge in [-0.3, -0.25) is 24.0 Å². The van der Waals surface area contributed by atoms with Crippen LogP contribution in [-0.2, 0) is 43.2 Å². The zero-order valence-corrected chi connectivity index (χ0v) is 21.4. The summed E-state index contributed by atoms with van der Waals surface area (Å²) in [6.07, 6.45) is 9.20. The van der Waals surface area contributed by atoms with Gasteiger partial charge in [-0.05, 0) is 0 Å². The highest BCUT2D eigenvalue weighted by atomic mass is 16.2. The minimum Gasteiger partial charge on any atom is -0.357 e. The highest BCUT2D eigenvalue weighted by Gasteiger charge is 2.28. The topological polar surface area (TPSA) is 232 Å². The van der Waals surface area contributed by atoms with Crippen molar-refractivity contribution in [2.45, 2.75) is 44.3 Å². The Morgan fingerprint density at radius 1 is 0.692 bits per heavy atom.